The Morgan fingerprint density at radius 3 is 1.50 bits per heavy atom. The molecule has 0 amide bonds. The minimum absolute atomic E-state index is 1.16. The Hall–Kier alpha value is -3.20. The van der Waals surface area contributed by atoms with E-state index in [1.165, 1.54) is 104 Å². The second-order valence-corrected chi connectivity index (χ2v) is 13.7. The van der Waals surface area contributed by atoms with E-state index >= 15 is 0 Å². The van der Waals surface area contributed by atoms with Crippen LogP contribution in [0.25, 0.3) is 52.2 Å². The Morgan fingerprint density at radius 2 is 0.905 bits per heavy atom. The molecule has 2 heterocycles. The van der Waals surface area contributed by atoms with Crippen molar-refractivity contribution in [1.82, 2.24) is 0 Å². The summed E-state index contributed by atoms with van der Waals surface area (Å²) in [6.45, 7) is 4.61. The van der Waals surface area contributed by atoms with E-state index in [0.29, 0.717) is 0 Å². The van der Waals surface area contributed by atoms with Gasteiger partial charge in [0.2, 0.25) is 0 Å². The second-order valence-electron chi connectivity index (χ2n) is 11.6. The maximum atomic E-state index is 2.52. The van der Waals surface area contributed by atoms with Crippen molar-refractivity contribution in [1.29, 1.82) is 0 Å². The van der Waals surface area contributed by atoms with Gasteiger partial charge in [0.1, 0.15) is 0 Å². The first-order chi connectivity index (χ1) is 20.8. The van der Waals surface area contributed by atoms with Crippen LogP contribution in [0.4, 0.5) is 0 Å². The van der Waals surface area contributed by atoms with Gasteiger partial charge in [-0.15, -0.1) is 22.7 Å². The first-order valence-electron chi connectivity index (χ1n) is 16.0. The molecule has 0 aliphatic carbocycles. The highest BCUT2D eigenvalue weighted by molar-refractivity contribution is 7.25. The predicted molar refractivity (Wildman–Crippen MR) is 189 cm³/mol. The van der Waals surface area contributed by atoms with Crippen LogP contribution in [0.2, 0.25) is 0 Å². The highest BCUT2D eigenvalue weighted by Crippen LogP contribution is 2.42. The van der Waals surface area contributed by atoms with Crippen molar-refractivity contribution in [2.24, 2.45) is 0 Å². The lowest BCUT2D eigenvalue weighted by Crippen LogP contribution is -1.98. The monoisotopic (exact) mass is 586 g/mol. The number of hydrogen-bond acceptors (Lipinski definition) is 2. The molecule has 0 aliphatic rings. The van der Waals surface area contributed by atoms with Crippen LogP contribution in [0.15, 0.2) is 97.1 Å². The van der Waals surface area contributed by atoms with E-state index < -0.39 is 0 Å². The van der Waals surface area contributed by atoms with Crippen molar-refractivity contribution in [2.75, 3.05) is 0 Å². The zero-order valence-corrected chi connectivity index (χ0v) is 26.8. The summed E-state index contributed by atoms with van der Waals surface area (Å²) in [5.41, 5.74) is 5.75. The number of fused-ring (bicyclic) bond motifs is 2. The Bertz CT molecular complexity index is 1750. The van der Waals surface area contributed by atoms with Gasteiger partial charge in [0, 0.05) is 19.5 Å². The molecule has 6 aromatic rings. The average molecular weight is 587 g/mol. The quantitative estimate of drug-likeness (QED) is 0.0932. The third-order valence-electron chi connectivity index (χ3n) is 8.61. The van der Waals surface area contributed by atoms with Gasteiger partial charge in [0.25, 0.3) is 0 Å². The molecule has 2 heteroatoms. The topological polar surface area (TPSA) is 0 Å². The van der Waals surface area contributed by atoms with Crippen LogP contribution in [0, 0.1) is 0 Å². The number of aryl methyl sites for hydroxylation is 2. The van der Waals surface area contributed by atoms with Crippen LogP contribution < -0.4 is 0 Å². The van der Waals surface area contributed by atoms with E-state index in [4.69, 9.17) is 0 Å². The molecule has 0 saturated heterocycles. The van der Waals surface area contributed by atoms with Gasteiger partial charge in [-0.25, -0.2) is 0 Å². The van der Waals surface area contributed by atoms with Crippen LogP contribution in [-0.2, 0) is 12.8 Å². The molecular formula is C40H42S2. The van der Waals surface area contributed by atoms with Gasteiger partial charge in [-0.1, -0.05) is 119 Å². The van der Waals surface area contributed by atoms with Crippen molar-refractivity contribution in [3.8, 4) is 30.6 Å². The fourth-order valence-electron chi connectivity index (χ4n) is 6.36. The maximum absolute atomic E-state index is 2.52. The molecule has 0 fully saturated rings. The van der Waals surface area contributed by atoms with E-state index in [1.54, 1.807) is 11.1 Å². The van der Waals surface area contributed by atoms with E-state index in [-0.39, 0.29) is 0 Å². The summed E-state index contributed by atoms with van der Waals surface area (Å²) in [7, 11) is 0. The Balaban J connectivity index is 1.39. The molecule has 214 valence electrons. The van der Waals surface area contributed by atoms with Gasteiger partial charge in [-0.05, 0) is 99.8 Å². The van der Waals surface area contributed by atoms with E-state index in [1.807, 2.05) is 22.7 Å². The summed E-state index contributed by atoms with van der Waals surface area (Å²) in [5.74, 6) is 0. The van der Waals surface area contributed by atoms with Crippen molar-refractivity contribution in [3.63, 3.8) is 0 Å². The second kappa shape index (κ2) is 13.8. The Labute approximate surface area is 260 Å². The summed E-state index contributed by atoms with van der Waals surface area (Å²) >= 11 is 3.81. The highest BCUT2D eigenvalue weighted by Gasteiger charge is 2.16. The standard InChI is InChI=1S/C40H42S2/c1-3-5-7-12-18-33-31-20-14-15-21-32(31)34(19-13-8-6-4-2)36-28-30(22-23-35(33)36)38-25-27-40(42-38)39-26-24-37(41-39)29-16-10-9-11-17-29/h9-11,14-17,20-28H,3-8,12-13,18-19H2,1-2H3. The van der Waals surface area contributed by atoms with Gasteiger partial charge in [0.15, 0.2) is 0 Å². The molecule has 0 unspecified atom stereocenters. The van der Waals surface area contributed by atoms with Crippen LogP contribution in [-0.4, -0.2) is 0 Å². The van der Waals surface area contributed by atoms with Gasteiger partial charge in [-0.2, -0.15) is 0 Å². The number of hydrogen-bond donors (Lipinski definition) is 0. The van der Waals surface area contributed by atoms with Crippen molar-refractivity contribution in [2.45, 2.75) is 78.1 Å². The molecule has 6 rings (SSSR count). The molecule has 0 aliphatic heterocycles. The predicted octanol–water partition coefficient (Wildman–Crippen LogP) is 13.4. The van der Waals surface area contributed by atoms with E-state index in [2.05, 4.69) is 111 Å². The first-order valence-corrected chi connectivity index (χ1v) is 17.6. The molecule has 0 radical (unpaired) electrons. The number of unbranched alkanes of at least 4 members (excludes halogenated alkanes) is 6. The largest absolute Gasteiger partial charge is 0.134 e. The van der Waals surface area contributed by atoms with Crippen LogP contribution in [0.1, 0.15) is 76.3 Å². The van der Waals surface area contributed by atoms with Crippen molar-refractivity contribution < 1.29 is 0 Å². The van der Waals surface area contributed by atoms with E-state index in [9.17, 15) is 0 Å². The minimum atomic E-state index is 1.16. The molecule has 0 spiro atoms. The van der Waals surface area contributed by atoms with E-state index in [0.717, 1.165) is 12.8 Å². The molecule has 0 saturated carbocycles. The average Bonchev–Trinajstić information content (AvgIpc) is 3.73. The highest BCUT2D eigenvalue weighted by atomic mass is 32.1. The summed E-state index contributed by atoms with van der Waals surface area (Å²) in [6, 6.07) is 36.5. The van der Waals surface area contributed by atoms with Crippen molar-refractivity contribution in [3.05, 3.63) is 108 Å². The fourth-order valence-corrected chi connectivity index (χ4v) is 8.46. The molecule has 4 aromatic carbocycles. The number of rotatable bonds is 13. The fraction of sp³-hybridized carbons (Fsp3) is 0.300. The molecule has 0 nitrogen and oxygen atoms in total. The zero-order valence-electron chi connectivity index (χ0n) is 25.1. The molecule has 0 atom stereocenters. The minimum Gasteiger partial charge on any atom is -0.134 e. The Kier molecular flexibility index (Phi) is 9.53. The molecular weight excluding hydrogens is 545 g/mol. The lowest BCUT2D eigenvalue weighted by Gasteiger charge is -2.18. The molecule has 0 N–H and O–H groups in total. The van der Waals surface area contributed by atoms with Crippen LogP contribution in [0.5, 0.6) is 0 Å². The molecule has 0 bridgehead atoms. The number of benzene rings is 4. The molecule has 42 heavy (non-hydrogen) atoms. The number of thiophene rings is 2. The smallest absolute Gasteiger partial charge is 0.0449 e. The van der Waals surface area contributed by atoms with Crippen molar-refractivity contribution >= 4 is 44.2 Å². The van der Waals surface area contributed by atoms with Gasteiger partial charge in [-0.3, -0.25) is 0 Å². The van der Waals surface area contributed by atoms with Crippen LogP contribution in [0.3, 0.4) is 0 Å². The van der Waals surface area contributed by atoms with Gasteiger partial charge in [0.05, 0.1) is 0 Å². The third-order valence-corrected chi connectivity index (χ3v) is 11.1. The summed E-state index contributed by atoms with van der Waals surface area (Å²) in [5, 5.41) is 5.90. The maximum Gasteiger partial charge on any atom is 0.0449 e. The summed E-state index contributed by atoms with van der Waals surface area (Å²) in [4.78, 5) is 5.39. The normalized spacial score (nSPS) is 11.6. The third kappa shape index (κ3) is 6.26. The Morgan fingerprint density at radius 1 is 0.405 bits per heavy atom. The molecule has 2 aromatic heterocycles. The van der Waals surface area contributed by atoms with Gasteiger partial charge >= 0.3 is 0 Å². The van der Waals surface area contributed by atoms with Crippen LogP contribution >= 0.6 is 22.7 Å². The van der Waals surface area contributed by atoms with Gasteiger partial charge < -0.3 is 0 Å². The lowest BCUT2D eigenvalue weighted by atomic mass is 9.86. The SMILES string of the molecule is CCCCCCc1c2ccccc2c(CCCCCC)c2cc(-c3ccc(-c4ccc(-c5ccccc5)s4)s3)ccc12. The first kappa shape index (κ1) is 28.9. The lowest BCUT2D eigenvalue weighted by molar-refractivity contribution is 0.668. The summed E-state index contributed by atoms with van der Waals surface area (Å²) < 4.78 is 0. The zero-order chi connectivity index (χ0) is 28.7. The summed E-state index contributed by atoms with van der Waals surface area (Å²) in [6.07, 6.45) is 12.7.